The highest BCUT2D eigenvalue weighted by Gasteiger charge is 2.29. The molecule has 0 aliphatic carbocycles. The van der Waals surface area contributed by atoms with E-state index in [0.717, 1.165) is 5.69 Å². The van der Waals surface area contributed by atoms with E-state index in [2.05, 4.69) is 15.7 Å². The fraction of sp³-hybridized carbons (Fsp3) is 0.286. The van der Waals surface area contributed by atoms with Crippen LogP contribution in [0.1, 0.15) is 6.42 Å². The lowest BCUT2D eigenvalue weighted by Crippen LogP contribution is -2.35. The third-order valence-corrected chi connectivity index (χ3v) is 3.26. The molecule has 6 heteroatoms. The van der Waals surface area contributed by atoms with Crippen molar-refractivity contribution in [2.75, 3.05) is 11.9 Å². The second-order valence-electron chi connectivity index (χ2n) is 4.79. The van der Waals surface area contributed by atoms with E-state index in [1.807, 2.05) is 30.3 Å². The smallest absolute Gasteiger partial charge is 0.241 e. The SMILES string of the molecule is O=C(Nc1cnn(-c2ccccc2)c1)[C@H]1C[C@H](F)CN1. The zero-order valence-corrected chi connectivity index (χ0v) is 10.8. The van der Waals surface area contributed by atoms with Crippen molar-refractivity contribution >= 4 is 11.6 Å². The molecule has 2 N–H and O–H groups in total. The van der Waals surface area contributed by atoms with Gasteiger partial charge in [0, 0.05) is 13.0 Å². The summed E-state index contributed by atoms with van der Waals surface area (Å²) in [4.78, 5) is 11.9. The van der Waals surface area contributed by atoms with Gasteiger partial charge in [-0.15, -0.1) is 0 Å². The summed E-state index contributed by atoms with van der Waals surface area (Å²) in [5, 5.41) is 9.78. The highest BCUT2D eigenvalue weighted by atomic mass is 19.1. The molecule has 5 nitrogen and oxygen atoms in total. The van der Waals surface area contributed by atoms with Crippen LogP contribution in [0.3, 0.4) is 0 Å². The lowest BCUT2D eigenvalue weighted by Gasteiger charge is -2.08. The zero-order valence-electron chi connectivity index (χ0n) is 10.8. The zero-order chi connectivity index (χ0) is 13.9. The average molecular weight is 274 g/mol. The molecule has 1 saturated heterocycles. The number of rotatable bonds is 3. The first-order valence-corrected chi connectivity index (χ1v) is 6.51. The van der Waals surface area contributed by atoms with E-state index in [4.69, 9.17) is 0 Å². The molecule has 1 aromatic heterocycles. The van der Waals surface area contributed by atoms with Crippen LogP contribution < -0.4 is 10.6 Å². The van der Waals surface area contributed by atoms with Crippen LogP contribution in [0.5, 0.6) is 0 Å². The summed E-state index contributed by atoms with van der Waals surface area (Å²) >= 11 is 0. The fourth-order valence-electron chi connectivity index (χ4n) is 2.23. The average Bonchev–Trinajstić information content (AvgIpc) is 3.09. The standard InChI is InChI=1S/C14H15FN4O/c15-10-6-13(16-7-10)14(20)18-11-8-17-19(9-11)12-4-2-1-3-5-12/h1-5,8-10,13,16H,6-7H2,(H,18,20)/t10-,13+/m0/s1. The summed E-state index contributed by atoms with van der Waals surface area (Å²) in [5.74, 6) is -0.224. The van der Waals surface area contributed by atoms with Gasteiger partial charge in [0.05, 0.1) is 29.8 Å². The van der Waals surface area contributed by atoms with E-state index in [9.17, 15) is 9.18 Å². The minimum absolute atomic E-state index is 0.221. The highest BCUT2D eigenvalue weighted by molar-refractivity contribution is 5.94. The molecule has 0 unspecified atom stereocenters. The predicted octanol–water partition coefficient (Wildman–Crippen LogP) is 1.51. The molecule has 2 aromatic rings. The third kappa shape index (κ3) is 2.70. The third-order valence-electron chi connectivity index (χ3n) is 3.26. The number of carbonyl (C=O) groups is 1. The Morgan fingerprint density at radius 1 is 1.40 bits per heavy atom. The minimum atomic E-state index is -0.946. The van der Waals surface area contributed by atoms with Crippen molar-refractivity contribution in [3.8, 4) is 5.69 Å². The molecular formula is C14H15FN4O. The summed E-state index contributed by atoms with van der Waals surface area (Å²) < 4.78 is 14.7. The first-order chi connectivity index (χ1) is 9.72. The van der Waals surface area contributed by atoms with Gasteiger partial charge in [-0.3, -0.25) is 4.79 Å². The van der Waals surface area contributed by atoms with Gasteiger partial charge in [-0.2, -0.15) is 5.10 Å². The van der Waals surface area contributed by atoms with Gasteiger partial charge in [-0.05, 0) is 12.1 Å². The molecule has 3 rings (SSSR count). The van der Waals surface area contributed by atoms with E-state index in [1.165, 1.54) is 0 Å². The van der Waals surface area contributed by atoms with Gasteiger partial charge in [0.1, 0.15) is 6.17 Å². The summed E-state index contributed by atoms with van der Waals surface area (Å²) in [6.07, 6.45) is 2.58. The van der Waals surface area contributed by atoms with E-state index in [0.29, 0.717) is 5.69 Å². The maximum Gasteiger partial charge on any atom is 0.241 e. The maximum atomic E-state index is 13.0. The minimum Gasteiger partial charge on any atom is -0.322 e. The first kappa shape index (κ1) is 12.8. The molecule has 2 atom stereocenters. The summed E-state index contributed by atoms with van der Waals surface area (Å²) in [6, 6.07) is 9.13. The predicted molar refractivity (Wildman–Crippen MR) is 73.5 cm³/mol. The Kier molecular flexibility index (Phi) is 3.47. The van der Waals surface area contributed by atoms with Gasteiger partial charge in [0.25, 0.3) is 0 Å². The van der Waals surface area contributed by atoms with Crippen molar-refractivity contribution in [1.82, 2.24) is 15.1 Å². The Morgan fingerprint density at radius 2 is 2.20 bits per heavy atom. The Balaban J connectivity index is 1.67. The van der Waals surface area contributed by atoms with Crippen LogP contribution in [-0.2, 0) is 4.79 Å². The number of hydrogen-bond acceptors (Lipinski definition) is 3. The first-order valence-electron chi connectivity index (χ1n) is 6.51. The van der Waals surface area contributed by atoms with Gasteiger partial charge in [-0.1, -0.05) is 18.2 Å². The molecule has 2 heterocycles. The molecule has 0 bridgehead atoms. The Labute approximate surface area is 115 Å². The van der Waals surface area contributed by atoms with Gasteiger partial charge in [0.2, 0.25) is 5.91 Å². The Bertz CT molecular complexity index is 598. The number of nitrogens with one attached hydrogen (secondary N) is 2. The molecule has 0 spiro atoms. The number of carbonyl (C=O) groups excluding carboxylic acids is 1. The highest BCUT2D eigenvalue weighted by Crippen LogP contribution is 2.14. The molecule has 0 saturated carbocycles. The number of halogens is 1. The molecular weight excluding hydrogens is 259 g/mol. The maximum absolute atomic E-state index is 13.0. The van der Waals surface area contributed by atoms with Crippen molar-refractivity contribution in [2.24, 2.45) is 0 Å². The number of benzene rings is 1. The molecule has 1 aliphatic heterocycles. The van der Waals surface area contributed by atoms with Crippen LogP contribution in [0.4, 0.5) is 10.1 Å². The Morgan fingerprint density at radius 3 is 2.90 bits per heavy atom. The van der Waals surface area contributed by atoms with Crippen LogP contribution in [0.25, 0.3) is 5.69 Å². The van der Waals surface area contributed by atoms with Crippen LogP contribution in [-0.4, -0.2) is 34.4 Å². The quantitative estimate of drug-likeness (QED) is 0.892. The monoisotopic (exact) mass is 274 g/mol. The van der Waals surface area contributed by atoms with Gasteiger partial charge in [0.15, 0.2) is 0 Å². The lowest BCUT2D eigenvalue weighted by atomic mass is 10.2. The molecule has 1 aliphatic rings. The van der Waals surface area contributed by atoms with Gasteiger partial charge >= 0.3 is 0 Å². The summed E-state index contributed by atoms with van der Waals surface area (Å²) in [7, 11) is 0. The number of nitrogens with zero attached hydrogens (tertiary/aromatic N) is 2. The summed E-state index contributed by atoms with van der Waals surface area (Å²) in [6.45, 7) is 0.237. The molecule has 20 heavy (non-hydrogen) atoms. The van der Waals surface area contributed by atoms with Crippen molar-refractivity contribution in [3.63, 3.8) is 0 Å². The van der Waals surface area contributed by atoms with E-state index in [1.54, 1.807) is 17.1 Å². The van der Waals surface area contributed by atoms with E-state index in [-0.39, 0.29) is 18.9 Å². The van der Waals surface area contributed by atoms with Crippen molar-refractivity contribution < 1.29 is 9.18 Å². The molecule has 1 aromatic carbocycles. The number of anilines is 1. The van der Waals surface area contributed by atoms with Crippen LogP contribution >= 0.6 is 0 Å². The second-order valence-corrected chi connectivity index (χ2v) is 4.79. The van der Waals surface area contributed by atoms with Crippen molar-refractivity contribution in [2.45, 2.75) is 18.6 Å². The van der Waals surface area contributed by atoms with Crippen LogP contribution in [0, 0.1) is 0 Å². The topological polar surface area (TPSA) is 59.0 Å². The molecule has 1 amide bonds. The number of alkyl halides is 1. The number of hydrogen-bond donors (Lipinski definition) is 2. The van der Waals surface area contributed by atoms with Crippen LogP contribution in [0.2, 0.25) is 0 Å². The number of aromatic nitrogens is 2. The largest absolute Gasteiger partial charge is 0.322 e. The molecule has 1 fully saturated rings. The summed E-state index contributed by atoms with van der Waals surface area (Å²) in [5.41, 5.74) is 1.51. The van der Waals surface area contributed by atoms with E-state index >= 15 is 0 Å². The van der Waals surface area contributed by atoms with Crippen LogP contribution in [0.15, 0.2) is 42.7 Å². The normalized spacial score (nSPS) is 21.9. The number of amides is 1. The van der Waals surface area contributed by atoms with E-state index < -0.39 is 12.2 Å². The van der Waals surface area contributed by atoms with Crippen molar-refractivity contribution in [3.05, 3.63) is 42.7 Å². The second kappa shape index (κ2) is 5.42. The lowest BCUT2D eigenvalue weighted by molar-refractivity contribution is -0.117. The molecule has 0 radical (unpaired) electrons. The van der Waals surface area contributed by atoms with Gasteiger partial charge < -0.3 is 10.6 Å². The number of para-hydroxylation sites is 1. The van der Waals surface area contributed by atoms with Gasteiger partial charge in [-0.25, -0.2) is 9.07 Å². The fourth-order valence-corrected chi connectivity index (χ4v) is 2.23. The molecule has 104 valence electrons. The Hall–Kier alpha value is -2.21. The van der Waals surface area contributed by atoms with Crippen molar-refractivity contribution in [1.29, 1.82) is 0 Å².